The van der Waals surface area contributed by atoms with Crippen molar-refractivity contribution in [2.75, 3.05) is 0 Å². The second kappa shape index (κ2) is 4.70. The lowest BCUT2D eigenvalue weighted by Crippen LogP contribution is -2.29. The van der Waals surface area contributed by atoms with E-state index in [2.05, 4.69) is 7.85 Å². The first-order valence-electron chi connectivity index (χ1n) is 5.04. The van der Waals surface area contributed by atoms with Gasteiger partial charge in [0, 0.05) is 0 Å². The molecule has 0 aromatic heterocycles. The monoisotopic (exact) mass is 229 g/mol. The van der Waals surface area contributed by atoms with E-state index in [0.717, 1.165) is 17.6 Å². The zero-order valence-corrected chi connectivity index (χ0v) is 10.0. The van der Waals surface area contributed by atoms with Crippen molar-refractivity contribution in [2.45, 2.75) is 37.2 Å². The van der Waals surface area contributed by atoms with Gasteiger partial charge in [0.05, 0.1) is 5.60 Å². The molecule has 2 atom stereocenters. The summed E-state index contributed by atoms with van der Waals surface area (Å²) in [4.78, 5) is 0. The molecule has 3 N–H and O–H groups in total. The van der Waals surface area contributed by atoms with Crippen molar-refractivity contribution < 1.29 is 10.3 Å². The van der Waals surface area contributed by atoms with Crippen molar-refractivity contribution in [2.24, 2.45) is 0 Å². The smallest absolute Gasteiger partial charge is 0.130 e. The van der Waals surface area contributed by atoms with Gasteiger partial charge >= 0.3 is 0 Å². The second-order valence-electron chi connectivity index (χ2n) is 4.49. The summed E-state index contributed by atoms with van der Waals surface area (Å²) >= 11 is 5.85. The molecular formula is C10H17BClNO2. The van der Waals surface area contributed by atoms with Gasteiger partial charge in [-0.15, -0.1) is 0 Å². The van der Waals surface area contributed by atoms with Crippen LogP contribution in [0.5, 0.6) is 0 Å². The molecule has 0 saturated heterocycles. The summed E-state index contributed by atoms with van der Waals surface area (Å²) in [5, 5.41) is 18.7. The van der Waals surface area contributed by atoms with Gasteiger partial charge in [-0.1, -0.05) is 23.8 Å². The van der Waals surface area contributed by atoms with Gasteiger partial charge in [0.1, 0.15) is 13.3 Å². The van der Waals surface area contributed by atoms with Crippen LogP contribution >= 0.6 is 11.6 Å². The van der Waals surface area contributed by atoms with Crippen LogP contribution in [0.15, 0.2) is 23.3 Å². The number of hydroxylamine groups is 1. The number of hydrogen-bond donors (Lipinski definition) is 3. The third kappa shape index (κ3) is 3.08. The maximum absolute atomic E-state index is 9.96. The van der Waals surface area contributed by atoms with E-state index in [1.165, 1.54) is 0 Å². The maximum atomic E-state index is 9.96. The van der Waals surface area contributed by atoms with Crippen LogP contribution in [0.25, 0.3) is 0 Å². The number of nitrogens with one attached hydrogen (secondary N) is 1. The molecule has 84 valence electrons. The Balaban J connectivity index is 2.94. The summed E-state index contributed by atoms with van der Waals surface area (Å²) < 4.78 is 0. The molecule has 1 aliphatic rings. The molecule has 3 nitrogen and oxygen atoms in total. The molecule has 0 radical (unpaired) electrons. The topological polar surface area (TPSA) is 52.5 Å². The Labute approximate surface area is 96.2 Å². The van der Waals surface area contributed by atoms with Gasteiger partial charge in [0.2, 0.25) is 0 Å². The first-order valence-corrected chi connectivity index (χ1v) is 5.48. The normalized spacial score (nSPS) is 24.5. The van der Waals surface area contributed by atoms with E-state index in [4.69, 9.17) is 16.8 Å². The zero-order chi connectivity index (χ0) is 11.6. The fourth-order valence-corrected chi connectivity index (χ4v) is 2.00. The van der Waals surface area contributed by atoms with E-state index < -0.39 is 11.1 Å². The summed E-state index contributed by atoms with van der Waals surface area (Å²) in [7, 11) is 2.06. The Morgan fingerprint density at radius 1 is 1.67 bits per heavy atom. The Morgan fingerprint density at radius 3 is 2.73 bits per heavy atom. The number of aliphatic hydroxyl groups is 1. The van der Waals surface area contributed by atoms with Crippen LogP contribution in [0.1, 0.15) is 20.3 Å². The maximum Gasteiger partial charge on any atom is 0.130 e. The lowest BCUT2D eigenvalue weighted by atomic mass is 9.69. The number of alkyl halides is 1. The van der Waals surface area contributed by atoms with Crippen LogP contribution in [-0.2, 0) is 0 Å². The van der Waals surface area contributed by atoms with Gasteiger partial charge in [-0.3, -0.25) is 0 Å². The number of hydrogen-bond acceptors (Lipinski definition) is 3. The van der Waals surface area contributed by atoms with Crippen molar-refractivity contribution in [3.05, 3.63) is 23.3 Å². The van der Waals surface area contributed by atoms with Gasteiger partial charge in [0.25, 0.3) is 0 Å². The Hall–Kier alpha value is -0.285. The van der Waals surface area contributed by atoms with E-state index in [-0.39, 0.29) is 0 Å². The minimum Gasteiger partial charge on any atom is -0.386 e. The van der Waals surface area contributed by atoms with Gasteiger partial charge < -0.3 is 10.3 Å². The fraction of sp³-hybridized carbons (Fsp3) is 0.600. The lowest BCUT2D eigenvalue weighted by molar-refractivity contribution is 0.115. The minimum absolute atomic E-state index is 0.302. The Bertz CT molecular complexity index is 296. The highest BCUT2D eigenvalue weighted by Crippen LogP contribution is 2.35. The van der Waals surface area contributed by atoms with E-state index >= 15 is 0 Å². The summed E-state index contributed by atoms with van der Waals surface area (Å²) in [5.41, 5.74) is 2.28. The predicted molar refractivity (Wildman–Crippen MR) is 63.9 cm³/mol. The van der Waals surface area contributed by atoms with Gasteiger partial charge in [-0.25, -0.2) is 0 Å². The van der Waals surface area contributed by atoms with Crippen molar-refractivity contribution in [3.8, 4) is 0 Å². The summed E-state index contributed by atoms with van der Waals surface area (Å²) in [5.74, 6) is 0.302. The van der Waals surface area contributed by atoms with Crippen LogP contribution in [0.4, 0.5) is 0 Å². The van der Waals surface area contributed by atoms with Gasteiger partial charge in [-0.2, -0.15) is 5.48 Å². The summed E-state index contributed by atoms with van der Waals surface area (Å²) in [6.07, 6.45) is 4.66. The molecule has 0 spiro atoms. The highest BCUT2D eigenvalue weighted by molar-refractivity contribution is 6.22. The molecule has 15 heavy (non-hydrogen) atoms. The van der Waals surface area contributed by atoms with Crippen LogP contribution in [0.2, 0.25) is 5.82 Å². The molecule has 0 aromatic carbocycles. The largest absolute Gasteiger partial charge is 0.386 e. The Morgan fingerprint density at radius 2 is 2.27 bits per heavy atom. The van der Waals surface area contributed by atoms with Crippen molar-refractivity contribution >= 4 is 19.4 Å². The third-order valence-corrected chi connectivity index (χ3v) is 3.02. The molecular weight excluding hydrogens is 212 g/mol. The van der Waals surface area contributed by atoms with Crippen LogP contribution in [-0.4, -0.2) is 29.3 Å². The average Bonchev–Trinajstić information content (AvgIpc) is 2.15. The molecule has 0 aliphatic heterocycles. The highest BCUT2D eigenvalue weighted by atomic mass is 35.5. The molecule has 0 bridgehead atoms. The molecule has 0 heterocycles. The van der Waals surface area contributed by atoms with Crippen molar-refractivity contribution in [1.82, 2.24) is 5.48 Å². The average molecular weight is 230 g/mol. The number of rotatable bonds is 3. The predicted octanol–water partition coefficient (Wildman–Crippen LogP) is 0.979. The summed E-state index contributed by atoms with van der Waals surface area (Å²) in [6.45, 7) is 3.52. The standard InChI is InChI=1S/C10H17BClNO2/c1-10(2,14)7-5-6(9(12)13-15)3-4-8(7)11/h3,5,8-9,13-15H,4,11H2,1-2H3. The molecule has 5 heteroatoms. The van der Waals surface area contributed by atoms with Crippen LogP contribution in [0, 0.1) is 0 Å². The van der Waals surface area contributed by atoms with Crippen molar-refractivity contribution in [1.29, 1.82) is 0 Å². The molecule has 0 aromatic rings. The van der Waals surface area contributed by atoms with E-state index in [1.807, 2.05) is 17.6 Å². The zero-order valence-electron chi connectivity index (χ0n) is 9.29. The van der Waals surface area contributed by atoms with Crippen molar-refractivity contribution in [3.63, 3.8) is 0 Å². The third-order valence-electron chi connectivity index (χ3n) is 2.67. The highest BCUT2D eigenvalue weighted by Gasteiger charge is 2.27. The molecule has 2 unspecified atom stereocenters. The molecule has 0 amide bonds. The fourth-order valence-electron chi connectivity index (χ4n) is 1.85. The molecule has 0 saturated carbocycles. The lowest BCUT2D eigenvalue weighted by Gasteiger charge is -2.30. The minimum atomic E-state index is -0.842. The Kier molecular flexibility index (Phi) is 4.01. The molecule has 0 fully saturated rings. The van der Waals surface area contributed by atoms with Gasteiger partial charge in [-0.05, 0) is 37.2 Å². The molecule has 1 rings (SSSR count). The SMILES string of the molecule is BC1CC=C(C(Cl)NO)C=C1C(C)(C)O. The summed E-state index contributed by atoms with van der Waals surface area (Å²) in [6, 6.07) is 0. The first-order chi connectivity index (χ1) is 6.86. The van der Waals surface area contributed by atoms with E-state index in [0.29, 0.717) is 5.82 Å². The van der Waals surface area contributed by atoms with E-state index in [9.17, 15) is 5.11 Å². The quantitative estimate of drug-likeness (QED) is 0.293. The number of halogens is 1. The second-order valence-corrected chi connectivity index (χ2v) is 4.93. The van der Waals surface area contributed by atoms with Crippen LogP contribution in [0.3, 0.4) is 0 Å². The number of allylic oxidation sites excluding steroid dienone is 1. The van der Waals surface area contributed by atoms with Crippen LogP contribution < -0.4 is 5.48 Å². The van der Waals surface area contributed by atoms with Gasteiger partial charge in [0.15, 0.2) is 0 Å². The van der Waals surface area contributed by atoms with E-state index in [1.54, 1.807) is 13.8 Å². The molecule has 1 aliphatic carbocycles. The first kappa shape index (κ1) is 12.8.